The van der Waals surface area contributed by atoms with Crippen LogP contribution in [0.15, 0.2) is 18.3 Å². The van der Waals surface area contributed by atoms with Gasteiger partial charge in [0.2, 0.25) is 0 Å². The van der Waals surface area contributed by atoms with Gasteiger partial charge in [0.15, 0.2) is 11.5 Å². The maximum atomic E-state index is 6.22. The summed E-state index contributed by atoms with van der Waals surface area (Å²) in [5.74, 6) is 1.28. The lowest BCUT2D eigenvalue weighted by Gasteiger charge is -2.20. The standard InChI is InChI=1S/C14H15Cl2N3O2/c1-2-10(15)12-8-19(18-17-12)7-9-5-11(16)14-13(6-9)20-3-4-21-14/h5-6,8,10H,2-4,7H2,1H3. The van der Waals surface area contributed by atoms with Crippen LogP contribution in [0, 0.1) is 0 Å². The number of nitrogens with zero attached hydrogens (tertiary/aromatic N) is 3. The van der Waals surface area contributed by atoms with Crippen molar-refractivity contribution >= 4 is 23.2 Å². The Labute approximate surface area is 132 Å². The first-order chi connectivity index (χ1) is 10.2. The summed E-state index contributed by atoms with van der Waals surface area (Å²) in [5, 5.41) is 8.61. The van der Waals surface area contributed by atoms with Gasteiger partial charge in [0, 0.05) is 0 Å². The summed E-state index contributed by atoms with van der Waals surface area (Å²) in [6.45, 7) is 3.62. The molecule has 2 aromatic rings. The average Bonchev–Trinajstić information content (AvgIpc) is 2.95. The summed E-state index contributed by atoms with van der Waals surface area (Å²) >= 11 is 12.4. The van der Waals surface area contributed by atoms with Gasteiger partial charge in [-0.25, -0.2) is 4.68 Å². The summed E-state index contributed by atoms with van der Waals surface area (Å²) in [6, 6.07) is 3.77. The number of halogens is 2. The van der Waals surface area contributed by atoms with Gasteiger partial charge in [-0.1, -0.05) is 23.7 Å². The van der Waals surface area contributed by atoms with Crippen LogP contribution in [0.25, 0.3) is 0 Å². The zero-order valence-electron chi connectivity index (χ0n) is 11.6. The molecule has 1 atom stereocenters. The second kappa shape index (κ2) is 6.12. The highest BCUT2D eigenvalue weighted by Crippen LogP contribution is 2.38. The Bertz CT molecular complexity index is 645. The molecule has 0 radical (unpaired) electrons. The van der Waals surface area contributed by atoms with E-state index < -0.39 is 0 Å². The highest BCUT2D eigenvalue weighted by Gasteiger charge is 2.17. The molecule has 2 heterocycles. The zero-order valence-corrected chi connectivity index (χ0v) is 13.1. The van der Waals surface area contributed by atoms with Crippen LogP contribution in [0.3, 0.4) is 0 Å². The molecule has 0 spiro atoms. The molecule has 1 aromatic heterocycles. The first-order valence-corrected chi connectivity index (χ1v) is 7.61. The fraction of sp³-hybridized carbons (Fsp3) is 0.429. The molecule has 0 fully saturated rings. The van der Waals surface area contributed by atoms with Crippen molar-refractivity contribution in [2.45, 2.75) is 25.3 Å². The molecule has 0 amide bonds. The van der Waals surface area contributed by atoms with Crippen molar-refractivity contribution in [2.75, 3.05) is 13.2 Å². The predicted molar refractivity (Wildman–Crippen MR) is 80.5 cm³/mol. The third-order valence-corrected chi connectivity index (χ3v) is 4.05. The van der Waals surface area contributed by atoms with Crippen molar-refractivity contribution in [2.24, 2.45) is 0 Å². The molecular weight excluding hydrogens is 313 g/mol. The van der Waals surface area contributed by atoms with E-state index in [4.69, 9.17) is 32.7 Å². The lowest BCUT2D eigenvalue weighted by molar-refractivity contribution is 0.171. The molecule has 0 bridgehead atoms. The molecule has 1 aliphatic heterocycles. The smallest absolute Gasteiger partial charge is 0.179 e. The third-order valence-electron chi connectivity index (χ3n) is 3.24. The predicted octanol–water partition coefficient (Wildman–Crippen LogP) is 3.44. The molecule has 3 rings (SSSR count). The van der Waals surface area contributed by atoms with Gasteiger partial charge >= 0.3 is 0 Å². The van der Waals surface area contributed by atoms with Gasteiger partial charge in [-0.05, 0) is 24.1 Å². The van der Waals surface area contributed by atoms with Crippen LogP contribution in [-0.4, -0.2) is 28.2 Å². The second-order valence-corrected chi connectivity index (χ2v) is 5.75. The molecule has 112 valence electrons. The largest absolute Gasteiger partial charge is 0.486 e. The number of rotatable bonds is 4. The number of alkyl halides is 1. The quantitative estimate of drug-likeness (QED) is 0.807. The van der Waals surface area contributed by atoms with Crippen molar-refractivity contribution in [3.8, 4) is 11.5 Å². The van der Waals surface area contributed by atoms with E-state index in [2.05, 4.69) is 10.3 Å². The monoisotopic (exact) mass is 327 g/mol. The summed E-state index contributed by atoms with van der Waals surface area (Å²) in [7, 11) is 0. The Morgan fingerprint density at radius 3 is 2.95 bits per heavy atom. The molecule has 21 heavy (non-hydrogen) atoms. The Morgan fingerprint density at radius 2 is 2.14 bits per heavy atom. The van der Waals surface area contributed by atoms with Crippen molar-refractivity contribution in [3.63, 3.8) is 0 Å². The number of ether oxygens (including phenoxy) is 2. The van der Waals surface area contributed by atoms with E-state index in [1.165, 1.54) is 0 Å². The Hall–Kier alpha value is -1.46. The van der Waals surface area contributed by atoms with Crippen LogP contribution in [0.5, 0.6) is 11.5 Å². The first kappa shape index (κ1) is 14.5. The summed E-state index contributed by atoms with van der Waals surface area (Å²) in [4.78, 5) is 0. The van der Waals surface area contributed by atoms with Crippen molar-refractivity contribution < 1.29 is 9.47 Å². The summed E-state index contributed by atoms with van der Waals surface area (Å²) in [6.07, 6.45) is 2.67. The van der Waals surface area contributed by atoms with Crippen LogP contribution < -0.4 is 9.47 Å². The Morgan fingerprint density at radius 1 is 1.33 bits per heavy atom. The van der Waals surface area contributed by atoms with Gasteiger partial charge < -0.3 is 9.47 Å². The zero-order chi connectivity index (χ0) is 14.8. The van der Waals surface area contributed by atoms with Gasteiger partial charge in [0.05, 0.1) is 23.1 Å². The molecule has 0 saturated heterocycles. The molecule has 5 nitrogen and oxygen atoms in total. The number of fused-ring (bicyclic) bond motifs is 1. The first-order valence-electron chi connectivity index (χ1n) is 6.79. The fourth-order valence-electron chi connectivity index (χ4n) is 2.19. The van der Waals surface area contributed by atoms with Gasteiger partial charge in [0.1, 0.15) is 18.9 Å². The van der Waals surface area contributed by atoms with E-state index in [9.17, 15) is 0 Å². The maximum Gasteiger partial charge on any atom is 0.179 e. The van der Waals surface area contributed by atoms with Crippen LogP contribution in [0.1, 0.15) is 30.0 Å². The topological polar surface area (TPSA) is 49.2 Å². The number of aromatic nitrogens is 3. The van der Waals surface area contributed by atoms with E-state index in [0.29, 0.717) is 36.3 Å². The van der Waals surface area contributed by atoms with Crippen molar-refractivity contribution in [3.05, 3.63) is 34.6 Å². The molecule has 1 aromatic carbocycles. The normalized spacial score (nSPS) is 15.0. The molecule has 0 saturated carbocycles. The number of hydrogen-bond donors (Lipinski definition) is 0. The molecule has 0 N–H and O–H groups in total. The van der Waals surface area contributed by atoms with Crippen LogP contribution in [-0.2, 0) is 6.54 Å². The van der Waals surface area contributed by atoms with E-state index >= 15 is 0 Å². The van der Waals surface area contributed by atoms with Gasteiger partial charge in [-0.3, -0.25) is 0 Å². The molecule has 7 heteroatoms. The van der Waals surface area contributed by atoms with Gasteiger partial charge in [-0.15, -0.1) is 16.7 Å². The van der Waals surface area contributed by atoms with Crippen LogP contribution in [0.2, 0.25) is 5.02 Å². The second-order valence-electron chi connectivity index (χ2n) is 4.82. The van der Waals surface area contributed by atoms with E-state index in [1.807, 2.05) is 25.3 Å². The van der Waals surface area contributed by atoms with Crippen molar-refractivity contribution in [1.29, 1.82) is 0 Å². The fourth-order valence-corrected chi connectivity index (χ4v) is 2.57. The minimum absolute atomic E-state index is 0.109. The molecule has 1 unspecified atom stereocenters. The molecule has 0 aliphatic carbocycles. The Balaban J connectivity index is 1.81. The Kier molecular flexibility index (Phi) is 4.22. The number of hydrogen-bond acceptors (Lipinski definition) is 4. The molecular formula is C14H15Cl2N3O2. The lowest BCUT2D eigenvalue weighted by Crippen LogP contribution is -2.16. The SMILES string of the molecule is CCC(Cl)c1cn(Cc2cc(Cl)c3c(c2)OCCO3)nn1. The highest BCUT2D eigenvalue weighted by atomic mass is 35.5. The minimum atomic E-state index is -0.109. The summed E-state index contributed by atoms with van der Waals surface area (Å²) < 4.78 is 12.8. The van der Waals surface area contributed by atoms with E-state index in [-0.39, 0.29) is 5.38 Å². The van der Waals surface area contributed by atoms with E-state index in [0.717, 1.165) is 17.7 Å². The third kappa shape index (κ3) is 3.09. The van der Waals surface area contributed by atoms with Crippen molar-refractivity contribution in [1.82, 2.24) is 15.0 Å². The summed E-state index contributed by atoms with van der Waals surface area (Å²) in [5.41, 5.74) is 1.76. The van der Waals surface area contributed by atoms with Crippen LogP contribution in [0.4, 0.5) is 0 Å². The average molecular weight is 328 g/mol. The van der Waals surface area contributed by atoms with Crippen LogP contribution >= 0.6 is 23.2 Å². The lowest BCUT2D eigenvalue weighted by atomic mass is 10.2. The molecule has 1 aliphatic rings. The van der Waals surface area contributed by atoms with E-state index in [1.54, 1.807) is 4.68 Å². The van der Waals surface area contributed by atoms with Gasteiger partial charge in [0.25, 0.3) is 0 Å². The highest BCUT2D eigenvalue weighted by molar-refractivity contribution is 6.32. The number of benzene rings is 1. The maximum absolute atomic E-state index is 6.22. The minimum Gasteiger partial charge on any atom is -0.486 e. The van der Waals surface area contributed by atoms with Gasteiger partial charge in [-0.2, -0.15) is 0 Å².